The summed E-state index contributed by atoms with van der Waals surface area (Å²) < 4.78 is 1.61. The molecule has 1 fully saturated rings. The summed E-state index contributed by atoms with van der Waals surface area (Å²) in [5.41, 5.74) is 0.697. The predicted octanol–water partition coefficient (Wildman–Crippen LogP) is 3.05. The van der Waals surface area contributed by atoms with Crippen molar-refractivity contribution in [3.05, 3.63) is 15.8 Å². The van der Waals surface area contributed by atoms with Crippen LogP contribution < -0.4 is 5.32 Å². The molecule has 0 amide bonds. The predicted molar refractivity (Wildman–Crippen MR) is 74.4 cm³/mol. The van der Waals surface area contributed by atoms with Crippen molar-refractivity contribution in [3.8, 4) is 0 Å². The fraction of sp³-hybridized carbons (Fsp3) is 0.769. The van der Waals surface area contributed by atoms with Gasteiger partial charge in [0.1, 0.15) is 5.69 Å². The van der Waals surface area contributed by atoms with E-state index >= 15 is 0 Å². The Morgan fingerprint density at radius 3 is 2.79 bits per heavy atom. The first kappa shape index (κ1) is 13.8. The first-order valence-corrected chi connectivity index (χ1v) is 6.93. The third-order valence-electron chi connectivity index (χ3n) is 3.68. The number of rotatable bonds is 6. The van der Waals surface area contributed by atoms with Gasteiger partial charge < -0.3 is 5.32 Å². The maximum absolute atomic E-state index is 11.3. The maximum Gasteiger partial charge on any atom is 0.334 e. The lowest BCUT2D eigenvalue weighted by molar-refractivity contribution is -0.384. The van der Waals surface area contributed by atoms with Gasteiger partial charge in [0.2, 0.25) is 5.82 Å². The van der Waals surface area contributed by atoms with E-state index in [4.69, 9.17) is 0 Å². The zero-order chi connectivity index (χ0) is 14.2. The fourth-order valence-corrected chi connectivity index (χ4v) is 2.55. The van der Waals surface area contributed by atoms with Gasteiger partial charge >= 0.3 is 5.69 Å². The van der Waals surface area contributed by atoms with E-state index in [0.717, 1.165) is 12.8 Å². The van der Waals surface area contributed by atoms with Crippen LogP contribution in [0.2, 0.25) is 0 Å². The van der Waals surface area contributed by atoms with Gasteiger partial charge in [-0.3, -0.25) is 10.1 Å². The molecule has 19 heavy (non-hydrogen) atoms. The van der Waals surface area contributed by atoms with E-state index in [9.17, 15) is 10.1 Å². The minimum absolute atomic E-state index is 0.0489. The number of hydrogen-bond acceptors (Lipinski definition) is 4. The van der Waals surface area contributed by atoms with Crippen molar-refractivity contribution < 1.29 is 4.92 Å². The van der Waals surface area contributed by atoms with Gasteiger partial charge in [0.25, 0.3) is 0 Å². The van der Waals surface area contributed by atoms with Crippen LogP contribution in [0.3, 0.4) is 0 Å². The molecule has 106 valence electrons. The molecule has 0 spiro atoms. The van der Waals surface area contributed by atoms with Gasteiger partial charge in [-0.05, 0) is 18.8 Å². The Hall–Kier alpha value is -1.59. The average Bonchev–Trinajstić information content (AvgIpc) is 2.95. The van der Waals surface area contributed by atoms with E-state index < -0.39 is 0 Å². The van der Waals surface area contributed by atoms with Crippen LogP contribution in [0.5, 0.6) is 0 Å². The Morgan fingerprint density at radius 2 is 2.26 bits per heavy atom. The van der Waals surface area contributed by atoms with Crippen molar-refractivity contribution in [2.24, 2.45) is 13.0 Å². The summed E-state index contributed by atoms with van der Waals surface area (Å²) in [6.07, 6.45) is 3.45. The monoisotopic (exact) mass is 266 g/mol. The molecule has 1 heterocycles. The van der Waals surface area contributed by atoms with Crippen LogP contribution in [0, 0.1) is 16.0 Å². The summed E-state index contributed by atoms with van der Waals surface area (Å²) in [5, 5.41) is 18.9. The molecule has 0 bridgehead atoms. The molecule has 1 aromatic heterocycles. The van der Waals surface area contributed by atoms with Gasteiger partial charge in [-0.1, -0.05) is 27.2 Å². The third-order valence-corrected chi connectivity index (χ3v) is 3.68. The average molecular weight is 266 g/mol. The van der Waals surface area contributed by atoms with Gasteiger partial charge in [-0.2, -0.15) is 5.10 Å². The minimum atomic E-state index is -0.318. The lowest BCUT2D eigenvalue weighted by Crippen LogP contribution is -2.10. The van der Waals surface area contributed by atoms with E-state index in [-0.39, 0.29) is 16.5 Å². The van der Waals surface area contributed by atoms with Crippen LogP contribution in [-0.2, 0) is 7.05 Å². The molecule has 6 heteroatoms. The van der Waals surface area contributed by atoms with Crippen molar-refractivity contribution in [1.82, 2.24) is 9.78 Å². The van der Waals surface area contributed by atoms with Crippen LogP contribution in [0.1, 0.15) is 51.6 Å². The first-order chi connectivity index (χ1) is 8.95. The molecule has 2 rings (SSSR count). The highest BCUT2D eigenvalue weighted by Gasteiger charge is 2.39. The molecule has 1 aliphatic carbocycles. The largest absolute Gasteiger partial charge is 0.362 e. The second kappa shape index (κ2) is 5.19. The number of nitrogens with one attached hydrogen (secondary N) is 1. The summed E-state index contributed by atoms with van der Waals surface area (Å²) in [6, 6.07) is 0.370. The van der Waals surface area contributed by atoms with Gasteiger partial charge in [0.15, 0.2) is 0 Å². The highest BCUT2D eigenvalue weighted by Crippen LogP contribution is 2.40. The number of anilines is 1. The highest BCUT2D eigenvalue weighted by atomic mass is 16.6. The Balaban J connectivity index is 2.22. The van der Waals surface area contributed by atoms with Crippen molar-refractivity contribution in [2.45, 2.75) is 52.0 Å². The zero-order valence-corrected chi connectivity index (χ0v) is 12.0. The Morgan fingerprint density at radius 1 is 1.58 bits per heavy atom. The molecule has 6 nitrogen and oxygen atoms in total. The normalized spacial score (nSPS) is 21.7. The molecule has 0 saturated heterocycles. The molecule has 2 atom stereocenters. The number of nitro groups is 1. The number of hydrogen-bond donors (Lipinski definition) is 1. The molecule has 0 aliphatic heterocycles. The molecule has 2 unspecified atom stereocenters. The van der Waals surface area contributed by atoms with Crippen molar-refractivity contribution in [2.75, 3.05) is 5.32 Å². The van der Waals surface area contributed by atoms with Crippen LogP contribution in [0.25, 0.3) is 0 Å². The Bertz CT molecular complexity index is 481. The third kappa shape index (κ3) is 2.72. The highest BCUT2D eigenvalue weighted by molar-refractivity contribution is 5.61. The summed E-state index contributed by atoms with van der Waals surface area (Å²) in [4.78, 5) is 11.0. The van der Waals surface area contributed by atoms with Gasteiger partial charge in [0, 0.05) is 19.0 Å². The van der Waals surface area contributed by atoms with E-state index in [1.54, 1.807) is 11.7 Å². The first-order valence-electron chi connectivity index (χ1n) is 6.93. The van der Waals surface area contributed by atoms with E-state index in [2.05, 4.69) is 17.3 Å². The van der Waals surface area contributed by atoms with Gasteiger partial charge in [-0.15, -0.1) is 0 Å². The summed E-state index contributed by atoms with van der Waals surface area (Å²) in [6.45, 7) is 6.02. The second-order valence-electron chi connectivity index (χ2n) is 5.65. The minimum Gasteiger partial charge on any atom is -0.362 e. The van der Waals surface area contributed by atoms with E-state index in [1.165, 1.54) is 6.42 Å². The quantitative estimate of drug-likeness (QED) is 0.634. The molecule has 0 aromatic carbocycles. The van der Waals surface area contributed by atoms with Crippen LogP contribution in [0.4, 0.5) is 11.5 Å². The maximum atomic E-state index is 11.3. The van der Waals surface area contributed by atoms with Crippen LogP contribution in [-0.4, -0.2) is 20.7 Å². The molecule has 1 aliphatic rings. The number of nitrogens with zero attached hydrogens (tertiary/aromatic N) is 3. The Kier molecular flexibility index (Phi) is 3.78. The molecule has 0 radical (unpaired) electrons. The zero-order valence-electron chi connectivity index (χ0n) is 12.0. The summed E-state index contributed by atoms with van der Waals surface area (Å²) >= 11 is 0. The van der Waals surface area contributed by atoms with Gasteiger partial charge in [-0.25, -0.2) is 4.68 Å². The topological polar surface area (TPSA) is 73.0 Å². The SMILES string of the molecule is CCCC1CC1Nc1c([N+](=O)[O-])c(C(C)C)nn1C. The van der Waals surface area contributed by atoms with E-state index in [1.807, 2.05) is 13.8 Å². The molecular formula is C13H22N4O2. The number of aromatic nitrogens is 2. The van der Waals surface area contributed by atoms with Crippen LogP contribution in [0.15, 0.2) is 0 Å². The van der Waals surface area contributed by atoms with Crippen molar-refractivity contribution in [3.63, 3.8) is 0 Å². The lowest BCUT2D eigenvalue weighted by atomic mass is 10.1. The number of aryl methyl sites for hydroxylation is 1. The summed E-state index contributed by atoms with van der Waals surface area (Å²) in [7, 11) is 1.76. The molecule has 1 saturated carbocycles. The Labute approximate surface area is 113 Å². The molecule has 1 aromatic rings. The van der Waals surface area contributed by atoms with Crippen LogP contribution >= 0.6 is 0 Å². The standard InChI is InChI=1S/C13H22N4O2/c1-5-6-9-7-10(9)14-13-12(17(18)19)11(8(2)3)15-16(13)4/h8-10,14H,5-7H2,1-4H3. The fourth-order valence-electron chi connectivity index (χ4n) is 2.55. The van der Waals surface area contributed by atoms with Gasteiger partial charge in [0.05, 0.1) is 4.92 Å². The second-order valence-corrected chi connectivity index (χ2v) is 5.65. The smallest absolute Gasteiger partial charge is 0.334 e. The lowest BCUT2D eigenvalue weighted by Gasteiger charge is -2.05. The van der Waals surface area contributed by atoms with Crippen molar-refractivity contribution in [1.29, 1.82) is 0 Å². The van der Waals surface area contributed by atoms with Crippen molar-refractivity contribution >= 4 is 11.5 Å². The summed E-state index contributed by atoms with van der Waals surface area (Å²) in [5.74, 6) is 1.26. The molecular weight excluding hydrogens is 244 g/mol. The van der Waals surface area contributed by atoms with E-state index in [0.29, 0.717) is 23.5 Å². The molecule has 1 N–H and O–H groups in total.